The zero-order valence-corrected chi connectivity index (χ0v) is 27.9. The van der Waals surface area contributed by atoms with E-state index in [9.17, 15) is 14.4 Å². The molecule has 0 radical (unpaired) electrons. The molecule has 240 valence electrons. The largest absolute Gasteiger partial charge is 0.378 e. The van der Waals surface area contributed by atoms with E-state index in [4.69, 9.17) is 9.47 Å². The Bertz CT molecular complexity index is 1640. The quantitative estimate of drug-likeness (QED) is 0.366. The van der Waals surface area contributed by atoms with Gasteiger partial charge in [-0.1, -0.05) is 18.2 Å². The van der Waals surface area contributed by atoms with Gasteiger partial charge in [0.05, 0.1) is 37.8 Å². The topological polar surface area (TPSA) is 87.6 Å². The van der Waals surface area contributed by atoms with E-state index in [1.807, 2.05) is 70.5 Å². The van der Waals surface area contributed by atoms with Crippen molar-refractivity contribution in [1.29, 1.82) is 0 Å². The number of morpholine rings is 2. The molecule has 5 heterocycles. The minimum atomic E-state index is -0.0770. The lowest BCUT2D eigenvalue weighted by atomic mass is 10.1. The number of aromatic nitrogens is 1. The van der Waals surface area contributed by atoms with Crippen molar-refractivity contribution in [3.63, 3.8) is 0 Å². The Balaban J connectivity index is 0.000000167. The average Bonchev–Trinajstić information content (AvgIpc) is 3.10. The highest BCUT2D eigenvalue weighted by molar-refractivity contribution is 14.1. The van der Waals surface area contributed by atoms with Gasteiger partial charge in [0.25, 0.3) is 17.4 Å². The van der Waals surface area contributed by atoms with Gasteiger partial charge in [0.2, 0.25) is 0 Å². The van der Waals surface area contributed by atoms with Crippen LogP contribution >= 0.6 is 22.6 Å². The number of nitrogens with zero attached hydrogens (tertiary/aromatic N) is 5. The van der Waals surface area contributed by atoms with E-state index in [2.05, 4.69) is 38.5 Å². The molecule has 0 N–H and O–H groups in total. The zero-order valence-electron chi connectivity index (χ0n) is 25.7. The fourth-order valence-electron chi connectivity index (χ4n) is 6.00. The summed E-state index contributed by atoms with van der Waals surface area (Å²) in [6, 6.07) is 20.7. The Morgan fingerprint density at radius 3 is 1.48 bits per heavy atom. The number of benzene rings is 2. The minimum absolute atomic E-state index is 0.0304. The molecule has 0 spiro atoms. The highest BCUT2D eigenvalue weighted by Crippen LogP contribution is 2.26. The predicted molar refractivity (Wildman–Crippen MR) is 186 cm³/mol. The van der Waals surface area contributed by atoms with Crippen LogP contribution in [0.15, 0.2) is 101 Å². The van der Waals surface area contributed by atoms with Crippen molar-refractivity contribution < 1.29 is 19.1 Å². The summed E-state index contributed by atoms with van der Waals surface area (Å²) in [4.78, 5) is 45.5. The second-order valence-electron chi connectivity index (χ2n) is 11.3. The normalized spacial score (nSPS) is 18.9. The minimum Gasteiger partial charge on any atom is -0.378 e. The molecule has 11 heteroatoms. The number of amides is 2. The van der Waals surface area contributed by atoms with Gasteiger partial charge in [0.15, 0.2) is 0 Å². The first-order valence-electron chi connectivity index (χ1n) is 15.7. The first kappa shape index (κ1) is 32.0. The fraction of sp³-hybridized carbons (Fsp3) is 0.343. The smallest absolute Gasteiger partial charge is 0.274 e. The summed E-state index contributed by atoms with van der Waals surface area (Å²) in [7, 11) is 0. The maximum atomic E-state index is 13.0. The SMILES string of the molecule is O=C1C(N2CCOCC2)=CCCN1c1ccc(-n2ccccc2=O)cc1.O=C1C(N2CCOCC2)=CCCN1c1ccc(I)cc1. The Hall–Kier alpha value is -3.94. The molecule has 4 aliphatic rings. The van der Waals surface area contributed by atoms with E-state index in [1.54, 1.807) is 16.8 Å². The summed E-state index contributed by atoms with van der Waals surface area (Å²) in [5, 5.41) is 0. The van der Waals surface area contributed by atoms with E-state index >= 15 is 0 Å². The zero-order chi connectivity index (χ0) is 31.9. The van der Waals surface area contributed by atoms with Crippen molar-refractivity contribution in [3.8, 4) is 5.69 Å². The molecule has 0 unspecified atom stereocenters. The van der Waals surface area contributed by atoms with Crippen LogP contribution in [0.25, 0.3) is 5.69 Å². The summed E-state index contributed by atoms with van der Waals surface area (Å²) in [6.07, 6.45) is 7.57. The lowest BCUT2D eigenvalue weighted by molar-refractivity contribution is -0.118. The maximum absolute atomic E-state index is 13.0. The van der Waals surface area contributed by atoms with Gasteiger partial charge in [0.1, 0.15) is 0 Å². The van der Waals surface area contributed by atoms with Crippen LogP contribution in [0.4, 0.5) is 11.4 Å². The average molecular weight is 736 g/mol. The molecule has 0 atom stereocenters. The molecule has 46 heavy (non-hydrogen) atoms. The van der Waals surface area contributed by atoms with Gasteiger partial charge in [-0.05, 0) is 90.0 Å². The van der Waals surface area contributed by atoms with Crippen LogP contribution in [-0.2, 0) is 19.1 Å². The number of carbonyl (C=O) groups excluding carboxylic acids is 2. The Morgan fingerprint density at radius 2 is 1.00 bits per heavy atom. The number of anilines is 2. The van der Waals surface area contributed by atoms with Crippen molar-refractivity contribution in [3.05, 3.63) is 110 Å². The number of rotatable bonds is 5. The van der Waals surface area contributed by atoms with Crippen LogP contribution < -0.4 is 15.4 Å². The summed E-state index contributed by atoms with van der Waals surface area (Å²) < 4.78 is 13.5. The molecular formula is C35H38IN5O5. The Kier molecular flexibility index (Phi) is 10.5. The Morgan fingerprint density at radius 1 is 0.543 bits per heavy atom. The van der Waals surface area contributed by atoms with Crippen molar-refractivity contribution in [2.45, 2.75) is 12.8 Å². The summed E-state index contributed by atoms with van der Waals surface area (Å²) in [5.41, 5.74) is 4.14. The molecule has 0 saturated carbocycles. The highest BCUT2D eigenvalue weighted by Gasteiger charge is 2.29. The number of halogens is 1. The van der Waals surface area contributed by atoms with Gasteiger partial charge in [-0.25, -0.2) is 0 Å². The molecule has 3 aromatic rings. The van der Waals surface area contributed by atoms with Crippen LogP contribution in [0.2, 0.25) is 0 Å². The monoisotopic (exact) mass is 735 g/mol. The standard InChI is InChI=1S/C20H21N3O3.C15H17IN2O2/c24-19-5-1-2-10-22(19)16-6-8-17(9-7-16)23-11-3-4-18(20(23)25)21-12-14-26-15-13-21;16-12-3-5-13(6-4-12)18-7-1-2-14(15(18)19)17-8-10-20-11-9-17/h1-2,4-10H,3,11-15H2;2-6H,1,7-11H2. The van der Waals surface area contributed by atoms with Gasteiger partial charge < -0.3 is 29.1 Å². The predicted octanol–water partition coefficient (Wildman–Crippen LogP) is 4.03. The highest BCUT2D eigenvalue weighted by atomic mass is 127. The Labute approximate surface area is 282 Å². The van der Waals surface area contributed by atoms with Crippen LogP contribution in [0.1, 0.15) is 12.8 Å². The van der Waals surface area contributed by atoms with Crippen LogP contribution in [-0.4, -0.2) is 91.9 Å². The first-order valence-corrected chi connectivity index (χ1v) is 16.8. The number of pyridine rings is 1. The third-order valence-corrected chi connectivity index (χ3v) is 9.13. The van der Waals surface area contributed by atoms with Gasteiger partial charge in [-0.15, -0.1) is 0 Å². The lowest BCUT2D eigenvalue weighted by Crippen LogP contribution is -2.45. The van der Waals surface area contributed by atoms with Gasteiger partial charge in [-0.2, -0.15) is 0 Å². The molecule has 2 fully saturated rings. The van der Waals surface area contributed by atoms with E-state index in [1.165, 1.54) is 9.64 Å². The molecule has 0 bridgehead atoms. The second kappa shape index (κ2) is 15.1. The molecule has 2 aromatic carbocycles. The number of hydrogen-bond acceptors (Lipinski definition) is 7. The summed E-state index contributed by atoms with van der Waals surface area (Å²) in [5.74, 6) is 0.141. The lowest BCUT2D eigenvalue weighted by Gasteiger charge is -2.35. The van der Waals surface area contributed by atoms with E-state index < -0.39 is 0 Å². The third-order valence-electron chi connectivity index (χ3n) is 8.41. The molecule has 2 amide bonds. The maximum Gasteiger partial charge on any atom is 0.274 e. The van der Waals surface area contributed by atoms with Gasteiger partial charge in [-0.3, -0.25) is 19.0 Å². The fourth-order valence-corrected chi connectivity index (χ4v) is 6.36. The molecule has 0 aliphatic carbocycles. The number of hydrogen-bond donors (Lipinski definition) is 0. The van der Waals surface area contributed by atoms with E-state index in [-0.39, 0.29) is 17.4 Å². The molecular weight excluding hydrogens is 697 g/mol. The van der Waals surface area contributed by atoms with Gasteiger partial charge >= 0.3 is 0 Å². The molecule has 2 saturated heterocycles. The van der Waals surface area contributed by atoms with Crippen molar-refractivity contribution in [1.82, 2.24) is 14.4 Å². The molecule has 10 nitrogen and oxygen atoms in total. The third kappa shape index (κ3) is 7.37. The number of carbonyl (C=O) groups is 2. The van der Waals surface area contributed by atoms with Crippen LogP contribution in [0, 0.1) is 3.57 Å². The van der Waals surface area contributed by atoms with Crippen molar-refractivity contribution in [2.24, 2.45) is 0 Å². The summed E-state index contributed by atoms with van der Waals surface area (Å²) >= 11 is 2.27. The van der Waals surface area contributed by atoms with Crippen molar-refractivity contribution >= 4 is 45.8 Å². The number of ether oxygens (including phenoxy) is 2. The van der Waals surface area contributed by atoms with Crippen LogP contribution in [0.3, 0.4) is 0 Å². The van der Waals surface area contributed by atoms with Crippen LogP contribution in [0.5, 0.6) is 0 Å². The molecule has 1 aromatic heterocycles. The molecule has 7 rings (SSSR count). The van der Waals surface area contributed by atoms with E-state index in [0.29, 0.717) is 33.0 Å². The first-order chi connectivity index (χ1) is 22.5. The molecule has 4 aliphatic heterocycles. The van der Waals surface area contributed by atoms with Crippen molar-refractivity contribution in [2.75, 3.05) is 75.5 Å². The second-order valence-corrected chi connectivity index (χ2v) is 12.5. The summed E-state index contributed by atoms with van der Waals surface area (Å²) in [6.45, 7) is 7.25. The van der Waals surface area contributed by atoms with Gasteiger partial charge in [0, 0.05) is 72.2 Å². The van der Waals surface area contributed by atoms with E-state index in [0.717, 1.165) is 74.0 Å².